The molecule has 1 fully saturated rings. The van der Waals surface area contributed by atoms with Gasteiger partial charge in [-0.1, -0.05) is 26.2 Å². The van der Waals surface area contributed by atoms with E-state index < -0.39 is 0 Å². The van der Waals surface area contributed by atoms with Crippen LogP contribution in [0.25, 0.3) is 0 Å². The molecule has 0 saturated heterocycles. The van der Waals surface area contributed by atoms with Crippen LogP contribution in [0, 0.1) is 5.92 Å². The van der Waals surface area contributed by atoms with Crippen molar-refractivity contribution in [2.75, 3.05) is 12.4 Å². The van der Waals surface area contributed by atoms with E-state index in [4.69, 9.17) is 4.74 Å². The molecule has 1 heterocycles. The highest BCUT2D eigenvalue weighted by Gasteiger charge is 2.21. The minimum Gasteiger partial charge on any atom is -0.372 e. The first-order chi connectivity index (χ1) is 8.81. The molecule has 0 aliphatic heterocycles. The maximum absolute atomic E-state index is 5.95. The van der Waals surface area contributed by atoms with Gasteiger partial charge in [0.05, 0.1) is 30.8 Å². The first kappa shape index (κ1) is 13.3. The Labute approximate surface area is 109 Å². The Morgan fingerprint density at radius 1 is 1.33 bits per heavy atom. The number of ether oxygens (including phenoxy) is 1. The minimum absolute atomic E-state index is 0.412. The van der Waals surface area contributed by atoms with Crippen molar-refractivity contribution in [2.24, 2.45) is 5.92 Å². The lowest BCUT2D eigenvalue weighted by Crippen LogP contribution is -2.22. The Kier molecular flexibility index (Phi) is 4.93. The van der Waals surface area contributed by atoms with Crippen LogP contribution in [-0.2, 0) is 11.3 Å². The minimum atomic E-state index is 0.412. The standard InChI is InChI=1S/C14H23N3O/c1-3-11-5-4-6-13(7-11)18-10-12-8-17-14(15-2)9-16-12/h8-9,11,13H,3-7,10H2,1-2H3,(H,15,17). The fourth-order valence-electron chi connectivity index (χ4n) is 2.53. The summed E-state index contributed by atoms with van der Waals surface area (Å²) in [4.78, 5) is 8.56. The number of rotatable bonds is 5. The van der Waals surface area contributed by atoms with Gasteiger partial charge in [0.2, 0.25) is 0 Å². The van der Waals surface area contributed by atoms with Crippen molar-refractivity contribution in [3.63, 3.8) is 0 Å². The van der Waals surface area contributed by atoms with Crippen molar-refractivity contribution in [3.05, 3.63) is 18.1 Å². The molecule has 1 aliphatic carbocycles. The van der Waals surface area contributed by atoms with E-state index in [1.165, 1.54) is 32.1 Å². The zero-order valence-electron chi connectivity index (χ0n) is 11.4. The molecule has 2 atom stereocenters. The number of hydrogen-bond donors (Lipinski definition) is 1. The van der Waals surface area contributed by atoms with Gasteiger partial charge in [-0.15, -0.1) is 0 Å². The Morgan fingerprint density at radius 2 is 2.22 bits per heavy atom. The molecule has 100 valence electrons. The molecule has 0 spiro atoms. The molecule has 0 radical (unpaired) electrons. The predicted molar refractivity (Wildman–Crippen MR) is 72.4 cm³/mol. The van der Waals surface area contributed by atoms with Gasteiger partial charge in [-0.05, 0) is 18.8 Å². The lowest BCUT2D eigenvalue weighted by Gasteiger charge is -2.28. The normalized spacial score (nSPS) is 23.9. The van der Waals surface area contributed by atoms with Gasteiger partial charge in [-0.3, -0.25) is 4.98 Å². The number of hydrogen-bond acceptors (Lipinski definition) is 4. The molecule has 2 unspecified atom stereocenters. The van der Waals surface area contributed by atoms with Gasteiger partial charge in [-0.2, -0.15) is 0 Å². The molecular weight excluding hydrogens is 226 g/mol. The maximum atomic E-state index is 5.95. The quantitative estimate of drug-likeness (QED) is 0.871. The van der Waals surface area contributed by atoms with Crippen LogP contribution in [0.4, 0.5) is 5.82 Å². The lowest BCUT2D eigenvalue weighted by atomic mass is 9.85. The molecule has 4 heteroatoms. The predicted octanol–water partition coefficient (Wildman–Crippen LogP) is 3.00. The monoisotopic (exact) mass is 249 g/mol. The topological polar surface area (TPSA) is 47.0 Å². The van der Waals surface area contributed by atoms with Crippen LogP contribution in [-0.4, -0.2) is 23.1 Å². The van der Waals surface area contributed by atoms with E-state index in [2.05, 4.69) is 22.2 Å². The molecule has 0 aromatic carbocycles. The molecule has 0 bridgehead atoms. The molecule has 1 aliphatic rings. The van der Waals surface area contributed by atoms with E-state index in [1.807, 2.05) is 7.05 Å². The number of nitrogens with one attached hydrogen (secondary N) is 1. The number of nitrogens with zero attached hydrogens (tertiary/aromatic N) is 2. The highest BCUT2D eigenvalue weighted by atomic mass is 16.5. The van der Waals surface area contributed by atoms with Crippen LogP contribution in [0.15, 0.2) is 12.4 Å². The first-order valence-electron chi connectivity index (χ1n) is 6.92. The average molecular weight is 249 g/mol. The van der Waals surface area contributed by atoms with E-state index >= 15 is 0 Å². The molecule has 0 amide bonds. The van der Waals surface area contributed by atoms with Gasteiger partial charge in [0.1, 0.15) is 5.82 Å². The van der Waals surface area contributed by atoms with Crippen LogP contribution in [0.5, 0.6) is 0 Å². The summed E-state index contributed by atoms with van der Waals surface area (Å²) in [5, 5.41) is 2.96. The molecule has 2 rings (SSSR count). The van der Waals surface area contributed by atoms with Crippen molar-refractivity contribution in [1.82, 2.24) is 9.97 Å². The largest absolute Gasteiger partial charge is 0.372 e. The van der Waals surface area contributed by atoms with Gasteiger partial charge in [0.25, 0.3) is 0 Å². The van der Waals surface area contributed by atoms with Crippen molar-refractivity contribution in [1.29, 1.82) is 0 Å². The molecular formula is C14H23N3O. The van der Waals surface area contributed by atoms with Crippen molar-refractivity contribution >= 4 is 5.82 Å². The summed E-state index contributed by atoms with van der Waals surface area (Å²) in [6, 6.07) is 0. The lowest BCUT2D eigenvalue weighted by molar-refractivity contribution is 0.000240. The fourth-order valence-corrected chi connectivity index (χ4v) is 2.53. The van der Waals surface area contributed by atoms with Gasteiger partial charge in [0, 0.05) is 7.05 Å². The summed E-state index contributed by atoms with van der Waals surface area (Å²) < 4.78 is 5.95. The van der Waals surface area contributed by atoms with Gasteiger partial charge in [-0.25, -0.2) is 4.98 Å². The van der Waals surface area contributed by atoms with E-state index in [0.29, 0.717) is 12.7 Å². The SMILES string of the molecule is CCC1CCCC(OCc2cnc(NC)cn2)C1. The summed E-state index contributed by atoms with van der Waals surface area (Å²) in [5.41, 5.74) is 0.910. The van der Waals surface area contributed by atoms with Crippen LogP contribution in [0.2, 0.25) is 0 Å². The first-order valence-corrected chi connectivity index (χ1v) is 6.92. The summed E-state index contributed by atoms with van der Waals surface area (Å²) in [6.45, 7) is 2.85. The average Bonchev–Trinajstić information content (AvgIpc) is 2.46. The third kappa shape index (κ3) is 3.67. The summed E-state index contributed by atoms with van der Waals surface area (Å²) in [5.74, 6) is 1.64. The second kappa shape index (κ2) is 6.69. The van der Waals surface area contributed by atoms with Crippen molar-refractivity contribution in [2.45, 2.75) is 51.7 Å². The summed E-state index contributed by atoms with van der Waals surface area (Å²) in [6.07, 6.45) is 10.3. The maximum Gasteiger partial charge on any atom is 0.144 e. The van der Waals surface area contributed by atoms with Crippen LogP contribution < -0.4 is 5.32 Å². The number of anilines is 1. The molecule has 1 saturated carbocycles. The summed E-state index contributed by atoms with van der Waals surface area (Å²) in [7, 11) is 1.84. The third-order valence-electron chi connectivity index (χ3n) is 3.74. The molecule has 1 N–H and O–H groups in total. The second-order valence-corrected chi connectivity index (χ2v) is 5.02. The molecule has 18 heavy (non-hydrogen) atoms. The fraction of sp³-hybridized carbons (Fsp3) is 0.714. The van der Waals surface area contributed by atoms with E-state index in [9.17, 15) is 0 Å². The highest BCUT2D eigenvalue weighted by Crippen LogP contribution is 2.28. The van der Waals surface area contributed by atoms with Crippen LogP contribution in [0.1, 0.15) is 44.7 Å². The second-order valence-electron chi connectivity index (χ2n) is 5.02. The Bertz CT molecular complexity index is 353. The zero-order chi connectivity index (χ0) is 12.8. The van der Waals surface area contributed by atoms with Gasteiger partial charge < -0.3 is 10.1 Å². The van der Waals surface area contributed by atoms with Crippen molar-refractivity contribution < 1.29 is 4.74 Å². The molecule has 1 aromatic heterocycles. The number of aromatic nitrogens is 2. The van der Waals surface area contributed by atoms with Crippen LogP contribution >= 0.6 is 0 Å². The van der Waals surface area contributed by atoms with E-state index in [-0.39, 0.29) is 0 Å². The molecule has 1 aromatic rings. The Hall–Kier alpha value is -1.16. The third-order valence-corrected chi connectivity index (χ3v) is 3.74. The van der Waals surface area contributed by atoms with Gasteiger partial charge >= 0.3 is 0 Å². The molecule has 4 nitrogen and oxygen atoms in total. The van der Waals surface area contributed by atoms with E-state index in [0.717, 1.165) is 17.4 Å². The highest BCUT2D eigenvalue weighted by molar-refractivity contribution is 5.29. The Morgan fingerprint density at radius 3 is 2.89 bits per heavy atom. The van der Waals surface area contributed by atoms with E-state index in [1.54, 1.807) is 12.4 Å². The zero-order valence-corrected chi connectivity index (χ0v) is 11.4. The Balaban J connectivity index is 1.79. The van der Waals surface area contributed by atoms with Crippen molar-refractivity contribution in [3.8, 4) is 0 Å². The smallest absolute Gasteiger partial charge is 0.144 e. The summed E-state index contributed by atoms with van der Waals surface area (Å²) >= 11 is 0. The van der Waals surface area contributed by atoms with Crippen LogP contribution in [0.3, 0.4) is 0 Å². The van der Waals surface area contributed by atoms with Gasteiger partial charge in [0.15, 0.2) is 0 Å².